The lowest BCUT2D eigenvalue weighted by atomic mass is 10.1. The number of aromatic nitrogens is 1. The molecular weight excluding hydrogens is 342 g/mol. The first kappa shape index (κ1) is 17.1. The maximum absolute atomic E-state index is 11.2. The molecule has 2 N–H and O–H groups in total. The second-order valence-electron chi connectivity index (χ2n) is 5.29. The summed E-state index contributed by atoms with van der Waals surface area (Å²) >= 11 is 1.66. The molecule has 1 aromatic carbocycles. The SMILES string of the molecule is Cc1sc(NC2CC2)nc1-c1ccc(NS(C)(=O)=O)cc1.Cl. The van der Waals surface area contributed by atoms with Crippen LogP contribution >= 0.6 is 23.7 Å². The van der Waals surface area contributed by atoms with E-state index < -0.39 is 10.0 Å². The molecule has 120 valence electrons. The van der Waals surface area contributed by atoms with Crippen molar-refractivity contribution in [2.45, 2.75) is 25.8 Å². The van der Waals surface area contributed by atoms with Crippen LogP contribution in [0.2, 0.25) is 0 Å². The van der Waals surface area contributed by atoms with Crippen molar-refractivity contribution >= 4 is 44.6 Å². The van der Waals surface area contributed by atoms with E-state index in [2.05, 4.69) is 15.0 Å². The van der Waals surface area contributed by atoms with Gasteiger partial charge in [-0.15, -0.1) is 23.7 Å². The summed E-state index contributed by atoms with van der Waals surface area (Å²) in [7, 11) is -3.24. The highest BCUT2D eigenvalue weighted by molar-refractivity contribution is 7.92. The first-order valence-electron chi connectivity index (χ1n) is 6.73. The zero-order chi connectivity index (χ0) is 15.0. The summed E-state index contributed by atoms with van der Waals surface area (Å²) in [5, 5.41) is 4.37. The molecule has 0 radical (unpaired) electrons. The first-order valence-corrected chi connectivity index (χ1v) is 9.44. The van der Waals surface area contributed by atoms with Crippen molar-refractivity contribution in [3.63, 3.8) is 0 Å². The molecule has 5 nitrogen and oxygen atoms in total. The number of rotatable bonds is 5. The van der Waals surface area contributed by atoms with Gasteiger partial charge in [-0.25, -0.2) is 13.4 Å². The zero-order valence-corrected chi connectivity index (χ0v) is 14.7. The van der Waals surface area contributed by atoms with E-state index >= 15 is 0 Å². The maximum Gasteiger partial charge on any atom is 0.229 e. The summed E-state index contributed by atoms with van der Waals surface area (Å²) in [6.07, 6.45) is 3.58. The minimum atomic E-state index is -3.24. The first-order chi connectivity index (χ1) is 9.90. The van der Waals surface area contributed by atoms with Gasteiger partial charge >= 0.3 is 0 Å². The van der Waals surface area contributed by atoms with E-state index in [0.717, 1.165) is 27.5 Å². The predicted octanol–water partition coefficient (Wildman–Crippen LogP) is 3.49. The number of anilines is 2. The summed E-state index contributed by atoms with van der Waals surface area (Å²) in [6, 6.07) is 7.86. The number of thiazole rings is 1. The molecule has 1 aliphatic rings. The molecule has 0 saturated heterocycles. The van der Waals surface area contributed by atoms with Crippen LogP contribution in [0.3, 0.4) is 0 Å². The van der Waals surface area contributed by atoms with Gasteiger partial charge in [-0.3, -0.25) is 4.72 Å². The van der Waals surface area contributed by atoms with Crippen LogP contribution in [0.1, 0.15) is 17.7 Å². The Hall–Kier alpha value is -1.31. The fourth-order valence-electron chi connectivity index (χ4n) is 2.04. The largest absolute Gasteiger partial charge is 0.359 e. The van der Waals surface area contributed by atoms with Crippen molar-refractivity contribution in [1.29, 1.82) is 0 Å². The topological polar surface area (TPSA) is 71.1 Å². The average molecular weight is 360 g/mol. The Labute approximate surface area is 140 Å². The van der Waals surface area contributed by atoms with E-state index in [1.54, 1.807) is 23.5 Å². The van der Waals surface area contributed by atoms with Crippen molar-refractivity contribution in [2.75, 3.05) is 16.3 Å². The van der Waals surface area contributed by atoms with Gasteiger partial charge in [0.25, 0.3) is 0 Å². The van der Waals surface area contributed by atoms with Crippen molar-refractivity contribution in [1.82, 2.24) is 4.98 Å². The lowest BCUT2D eigenvalue weighted by Gasteiger charge is -2.04. The normalized spacial score (nSPS) is 14.3. The third kappa shape index (κ3) is 4.34. The van der Waals surface area contributed by atoms with Gasteiger partial charge in [-0.2, -0.15) is 0 Å². The monoisotopic (exact) mass is 359 g/mol. The summed E-state index contributed by atoms with van der Waals surface area (Å²) in [6.45, 7) is 2.05. The minimum Gasteiger partial charge on any atom is -0.359 e. The number of nitrogens with one attached hydrogen (secondary N) is 2. The van der Waals surface area contributed by atoms with E-state index in [0.29, 0.717) is 11.7 Å². The molecule has 3 rings (SSSR count). The van der Waals surface area contributed by atoms with Gasteiger partial charge in [0.2, 0.25) is 10.0 Å². The summed E-state index contributed by atoms with van der Waals surface area (Å²) in [4.78, 5) is 5.79. The van der Waals surface area contributed by atoms with Crippen LogP contribution in [0, 0.1) is 6.92 Å². The second kappa shape index (κ2) is 6.44. The summed E-state index contributed by atoms with van der Waals surface area (Å²) in [5.41, 5.74) is 2.51. The maximum atomic E-state index is 11.2. The van der Waals surface area contributed by atoms with Gasteiger partial charge in [0.05, 0.1) is 11.9 Å². The molecule has 1 fully saturated rings. The van der Waals surface area contributed by atoms with Crippen LogP contribution < -0.4 is 10.0 Å². The Morgan fingerprint density at radius 3 is 2.41 bits per heavy atom. The minimum absolute atomic E-state index is 0. The molecule has 0 atom stereocenters. The molecule has 22 heavy (non-hydrogen) atoms. The van der Waals surface area contributed by atoms with Crippen LogP contribution in [-0.2, 0) is 10.0 Å². The number of hydrogen-bond acceptors (Lipinski definition) is 5. The molecular formula is C14H18ClN3O2S2. The van der Waals surface area contributed by atoms with Crippen LogP contribution in [-0.4, -0.2) is 25.7 Å². The van der Waals surface area contributed by atoms with E-state index in [4.69, 9.17) is 0 Å². The molecule has 1 heterocycles. The highest BCUT2D eigenvalue weighted by atomic mass is 35.5. The highest BCUT2D eigenvalue weighted by Gasteiger charge is 2.22. The Morgan fingerprint density at radius 1 is 1.23 bits per heavy atom. The fraction of sp³-hybridized carbons (Fsp3) is 0.357. The number of hydrogen-bond donors (Lipinski definition) is 2. The molecule has 1 saturated carbocycles. The van der Waals surface area contributed by atoms with E-state index in [-0.39, 0.29) is 12.4 Å². The van der Waals surface area contributed by atoms with Crippen LogP contribution in [0.15, 0.2) is 24.3 Å². The molecule has 0 unspecified atom stereocenters. The Bertz CT molecular complexity index is 753. The molecule has 8 heteroatoms. The van der Waals surface area contributed by atoms with Gasteiger partial charge < -0.3 is 5.32 Å². The van der Waals surface area contributed by atoms with Crippen molar-refractivity contribution < 1.29 is 8.42 Å². The zero-order valence-electron chi connectivity index (χ0n) is 12.3. The van der Waals surface area contributed by atoms with Crippen LogP contribution in [0.4, 0.5) is 10.8 Å². The number of benzene rings is 1. The van der Waals surface area contributed by atoms with Crippen LogP contribution in [0.25, 0.3) is 11.3 Å². The quantitative estimate of drug-likeness (QED) is 0.857. The molecule has 0 amide bonds. The Kier molecular flexibility index (Phi) is 4.99. The van der Waals surface area contributed by atoms with E-state index in [1.165, 1.54) is 12.8 Å². The predicted molar refractivity (Wildman–Crippen MR) is 94.6 cm³/mol. The second-order valence-corrected chi connectivity index (χ2v) is 8.25. The third-order valence-electron chi connectivity index (χ3n) is 3.16. The highest BCUT2D eigenvalue weighted by Crippen LogP contribution is 2.33. The van der Waals surface area contributed by atoms with Crippen LogP contribution in [0.5, 0.6) is 0 Å². The average Bonchev–Trinajstić information content (AvgIpc) is 3.11. The molecule has 0 aliphatic heterocycles. The van der Waals surface area contributed by atoms with Gasteiger partial charge in [-0.05, 0) is 31.9 Å². The Morgan fingerprint density at radius 2 is 1.86 bits per heavy atom. The van der Waals surface area contributed by atoms with Gasteiger partial charge in [-0.1, -0.05) is 12.1 Å². The molecule has 0 spiro atoms. The molecule has 0 bridgehead atoms. The summed E-state index contributed by atoms with van der Waals surface area (Å²) < 4.78 is 24.8. The number of sulfonamides is 1. The number of nitrogens with zero attached hydrogens (tertiary/aromatic N) is 1. The smallest absolute Gasteiger partial charge is 0.229 e. The third-order valence-corrected chi connectivity index (χ3v) is 4.67. The summed E-state index contributed by atoms with van der Waals surface area (Å²) in [5.74, 6) is 0. The fourth-order valence-corrected chi connectivity index (χ4v) is 3.52. The van der Waals surface area contributed by atoms with Gasteiger partial charge in [0.15, 0.2) is 5.13 Å². The number of halogens is 1. The lowest BCUT2D eigenvalue weighted by Crippen LogP contribution is -2.09. The van der Waals surface area contributed by atoms with Gasteiger partial charge in [0.1, 0.15) is 0 Å². The molecule has 2 aromatic rings. The van der Waals surface area contributed by atoms with Crippen molar-refractivity contribution in [3.8, 4) is 11.3 Å². The standard InChI is InChI=1S/C14H17N3O2S2.ClH/c1-9-13(16-14(20-9)15-11-7-8-11)10-3-5-12(6-4-10)17-21(2,18)19;/h3-6,11,17H,7-8H2,1-2H3,(H,15,16);1H. The van der Waals surface area contributed by atoms with Gasteiger partial charge in [0, 0.05) is 22.2 Å². The number of aryl methyl sites for hydroxylation is 1. The van der Waals surface area contributed by atoms with E-state index in [1.807, 2.05) is 19.1 Å². The van der Waals surface area contributed by atoms with Crippen molar-refractivity contribution in [3.05, 3.63) is 29.1 Å². The van der Waals surface area contributed by atoms with E-state index in [9.17, 15) is 8.42 Å². The molecule has 1 aromatic heterocycles. The lowest BCUT2D eigenvalue weighted by molar-refractivity contribution is 0.607. The molecule has 1 aliphatic carbocycles. The Balaban J connectivity index is 0.00000176. The van der Waals surface area contributed by atoms with Crippen molar-refractivity contribution in [2.24, 2.45) is 0 Å².